The average Bonchev–Trinajstić information content (AvgIpc) is 2.38. The largest absolute Gasteiger partial charge is 0.394 e. The molecule has 0 saturated heterocycles. The number of nitrogens with zero attached hydrogens (tertiary/aromatic N) is 1. The van der Waals surface area contributed by atoms with Gasteiger partial charge in [0, 0.05) is 6.54 Å². The third-order valence-corrected chi connectivity index (χ3v) is 2.51. The van der Waals surface area contributed by atoms with E-state index in [1.54, 1.807) is 0 Å². The van der Waals surface area contributed by atoms with Gasteiger partial charge in [-0.1, -0.05) is 55.3 Å². The van der Waals surface area contributed by atoms with Crippen molar-refractivity contribution in [2.45, 2.75) is 32.6 Å². The zero-order valence-corrected chi connectivity index (χ0v) is 10.6. The highest BCUT2D eigenvalue weighted by Crippen LogP contribution is 2.09. The van der Waals surface area contributed by atoms with Crippen LogP contribution in [0.1, 0.15) is 38.2 Å². The Morgan fingerprint density at radius 1 is 1.24 bits per heavy atom. The molecule has 0 aliphatic heterocycles. The zero-order valence-electron chi connectivity index (χ0n) is 10.6. The van der Waals surface area contributed by atoms with Crippen molar-refractivity contribution in [2.75, 3.05) is 13.2 Å². The smallest absolute Gasteiger partial charge is 0.129 e. The van der Waals surface area contributed by atoms with E-state index in [4.69, 9.17) is 10.6 Å². The van der Waals surface area contributed by atoms with Crippen molar-refractivity contribution in [1.82, 2.24) is 0 Å². The Balaban J connectivity index is 2.61. The van der Waals surface area contributed by atoms with Gasteiger partial charge in [0.25, 0.3) is 0 Å². The molecule has 2 N–H and O–H groups in total. The normalized spacial score (nSPS) is 11.5. The van der Waals surface area contributed by atoms with Gasteiger partial charge < -0.3 is 10.6 Å². The highest BCUT2D eigenvalue weighted by Gasteiger charge is 2.03. The van der Waals surface area contributed by atoms with E-state index in [1.165, 1.54) is 12.8 Å². The molecule has 0 saturated carbocycles. The van der Waals surface area contributed by atoms with Gasteiger partial charge in [-0.2, -0.15) is 0 Å². The maximum Gasteiger partial charge on any atom is 0.129 e. The SMILES string of the molecule is CCCCCC(=NOCCN)c1ccccc1. The summed E-state index contributed by atoms with van der Waals surface area (Å²) < 4.78 is 0. The van der Waals surface area contributed by atoms with Crippen LogP contribution in [0.2, 0.25) is 0 Å². The second kappa shape index (κ2) is 8.76. The lowest BCUT2D eigenvalue weighted by molar-refractivity contribution is 0.152. The summed E-state index contributed by atoms with van der Waals surface area (Å²) in [4.78, 5) is 5.19. The summed E-state index contributed by atoms with van der Waals surface area (Å²) in [6, 6.07) is 10.2. The Kier molecular flexibility index (Phi) is 7.07. The lowest BCUT2D eigenvalue weighted by Gasteiger charge is -2.06. The molecule has 17 heavy (non-hydrogen) atoms. The quantitative estimate of drug-likeness (QED) is 0.427. The number of rotatable bonds is 8. The molecule has 1 aromatic rings. The van der Waals surface area contributed by atoms with Crippen molar-refractivity contribution in [1.29, 1.82) is 0 Å². The number of unbranched alkanes of at least 4 members (excludes halogenated alkanes) is 2. The molecular formula is C14H22N2O. The van der Waals surface area contributed by atoms with Crippen molar-refractivity contribution in [3.63, 3.8) is 0 Å². The topological polar surface area (TPSA) is 47.6 Å². The van der Waals surface area contributed by atoms with E-state index < -0.39 is 0 Å². The molecule has 3 heteroatoms. The Hall–Kier alpha value is -1.35. The van der Waals surface area contributed by atoms with Gasteiger partial charge in [0.05, 0.1) is 5.71 Å². The minimum Gasteiger partial charge on any atom is -0.394 e. The van der Waals surface area contributed by atoms with Crippen molar-refractivity contribution in [3.05, 3.63) is 35.9 Å². The van der Waals surface area contributed by atoms with E-state index in [0.717, 1.165) is 24.1 Å². The molecule has 0 atom stereocenters. The third kappa shape index (κ3) is 5.50. The van der Waals surface area contributed by atoms with E-state index in [-0.39, 0.29) is 0 Å². The number of nitrogens with two attached hydrogens (primary N) is 1. The minimum atomic E-state index is 0.476. The molecule has 0 aliphatic carbocycles. The maximum absolute atomic E-state index is 5.38. The van der Waals surface area contributed by atoms with Gasteiger partial charge in [-0.15, -0.1) is 0 Å². The molecule has 0 unspecified atom stereocenters. The Morgan fingerprint density at radius 2 is 2.00 bits per heavy atom. The molecule has 0 bridgehead atoms. The molecule has 0 aromatic heterocycles. The summed E-state index contributed by atoms with van der Waals surface area (Å²) in [7, 11) is 0. The Labute approximate surface area is 104 Å². The molecule has 0 heterocycles. The summed E-state index contributed by atoms with van der Waals surface area (Å²) >= 11 is 0. The van der Waals surface area contributed by atoms with Crippen molar-refractivity contribution >= 4 is 5.71 Å². The second-order valence-electron chi connectivity index (χ2n) is 3.98. The van der Waals surface area contributed by atoms with Gasteiger partial charge in [0.1, 0.15) is 6.61 Å². The van der Waals surface area contributed by atoms with Crippen molar-refractivity contribution in [2.24, 2.45) is 10.9 Å². The van der Waals surface area contributed by atoms with Crippen LogP contribution in [0.4, 0.5) is 0 Å². The monoisotopic (exact) mass is 234 g/mol. The number of hydrogen-bond acceptors (Lipinski definition) is 3. The number of hydrogen-bond donors (Lipinski definition) is 1. The zero-order chi connectivity index (χ0) is 12.3. The van der Waals surface area contributed by atoms with E-state index in [1.807, 2.05) is 18.2 Å². The predicted molar refractivity (Wildman–Crippen MR) is 72.1 cm³/mol. The molecule has 94 valence electrons. The molecule has 1 rings (SSSR count). The summed E-state index contributed by atoms with van der Waals surface area (Å²) in [6.45, 7) is 3.18. The lowest BCUT2D eigenvalue weighted by atomic mass is 10.0. The summed E-state index contributed by atoms with van der Waals surface area (Å²) in [5.41, 5.74) is 7.54. The Bertz CT molecular complexity index is 322. The van der Waals surface area contributed by atoms with Crippen LogP contribution >= 0.6 is 0 Å². The van der Waals surface area contributed by atoms with Gasteiger partial charge in [0.15, 0.2) is 0 Å². The molecule has 3 nitrogen and oxygen atoms in total. The maximum atomic E-state index is 5.38. The second-order valence-corrected chi connectivity index (χ2v) is 3.98. The molecule has 0 amide bonds. The number of oxime groups is 1. The summed E-state index contributed by atoms with van der Waals surface area (Å²) in [5, 5.41) is 4.19. The first-order valence-corrected chi connectivity index (χ1v) is 6.32. The van der Waals surface area contributed by atoms with Crippen LogP contribution in [0.25, 0.3) is 0 Å². The van der Waals surface area contributed by atoms with Crippen LogP contribution < -0.4 is 5.73 Å². The van der Waals surface area contributed by atoms with Crippen LogP contribution in [-0.4, -0.2) is 18.9 Å². The van der Waals surface area contributed by atoms with E-state index in [2.05, 4.69) is 24.2 Å². The predicted octanol–water partition coefficient (Wildman–Crippen LogP) is 2.95. The fourth-order valence-electron chi connectivity index (χ4n) is 1.59. The van der Waals surface area contributed by atoms with Gasteiger partial charge >= 0.3 is 0 Å². The molecule has 0 aliphatic rings. The van der Waals surface area contributed by atoms with Crippen LogP contribution in [-0.2, 0) is 4.84 Å². The van der Waals surface area contributed by atoms with Crippen LogP contribution in [0.3, 0.4) is 0 Å². The fourth-order valence-corrected chi connectivity index (χ4v) is 1.59. The average molecular weight is 234 g/mol. The molecule has 0 spiro atoms. The third-order valence-electron chi connectivity index (χ3n) is 2.51. The Morgan fingerprint density at radius 3 is 2.65 bits per heavy atom. The first-order chi connectivity index (χ1) is 8.38. The minimum absolute atomic E-state index is 0.476. The van der Waals surface area contributed by atoms with Gasteiger partial charge in [-0.25, -0.2) is 0 Å². The van der Waals surface area contributed by atoms with Gasteiger partial charge in [-0.05, 0) is 18.4 Å². The van der Waals surface area contributed by atoms with E-state index >= 15 is 0 Å². The highest BCUT2D eigenvalue weighted by atomic mass is 16.6. The van der Waals surface area contributed by atoms with Gasteiger partial charge in [-0.3, -0.25) is 0 Å². The number of benzene rings is 1. The molecule has 0 fully saturated rings. The van der Waals surface area contributed by atoms with E-state index in [0.29, 0.717) is 13.2 Å². The van der Waals surface area contributed by atoms with Gasteiger partial charge in [0.2, 0.25) is 0 Å². The summed E-state index contributed by atoms with van der Waals surface area (Å²) in [6.07, 6.45) is 4.55. The first kappa shape index (κ1) is 13.7. The van der Waals surface area contributed by atoms with Crippen molar-refractivity contribution < 1.29 is 4.84 Å². The molecule has 0 radical (unpaired) electrons. The van der Waals surface area contributed by atoms with Crippen LogP contribution in [0.15, 0.2) is 35.5 Å². The fraction of sp³-hybridized carbons (Fsp3) is 0.500. The standard InChI is InChI=1S/C14H22N2O/c1-2-3-5-10-14(16-17-12-11-15)13-8-6-4-7-9-13/h4,6-9H,2-3,5,10-12,15H2,1H3. The first-order valence-electron chi connectivity index (χ1n) is 6.32. The lowest BCUT2D eigenvalue weighted by Crippen LogP contribution is -2.08. The molecule has 1 aromatic carbocycles. The van der Waals surface area contributed by atoms with Crippen LogP contribution in [0, 0.1) is 0 Å². The highest BCUT2D eigenvalue weighted by molar-refractivity contribution is 6.00. The van der Waals surface area contributed by atoms with Crippen molar-refractivity contribution in [3.8, 4) is 0 Å². The molecular weight excluding hydrogens is 212 g/mol. The summed E-state index contributed by atoms with van der Waals surface area (Å²) in [5.74, 6) is 0. The van der Waals surface area contributed by atoms with Crippen LogP contribution in [0.5, 0.6) is 0 Å². The van der Waals surface area contributed by atoms with E-state index in [9.17, 15) is 0 Å².